The van der Waals surface area contributed by atoms with E-state index < -0.39 is 0 Å². The molecule has 1 aromatic rings. The van der Waals surface area contributed by atoms with Crippen molar-refractivity contribution in [1.82, 2.24) is 5.32 Å². The summed E-state index contributed by atoms with van der Waals surface area (Å²) >= 11 is 5.53. The van der Waals surface area contributed by atoms with Crippen molar-refractivity contribution in [3.8, 4) is 0 Å². The minimum atomic E-state index is 0.368. The van der Waals surface area contributed by atoms with Gasteiger partial charge in [-0.3, -0.25) is 0 Å². The van der Waals surface area contributed by atoms with E-state index in [2.05, 4.69) is 78.4 Å². The Morgan fingerprint density at radius 2 is 2.05 bits per heavy atom. The largest absolute Gasteiger partial charge is 0.372 e. The van der Waals surface area contributed by atoms with Crippen LogP contribution in [-0.4, -0.2) is 31.6 Å². The maximum absolute atomic E-state index is 3.61. The highest BCUT2D eigenvalue weighted by atomic mass is 79.9. The maximum Gasteiger partial charge on any atom is 0.0415 e. The quantitative estimate of drug-likeness (QED) is 0.649. The zero-order chi connectivity index (χ0) is 15.8. The SMILES string of the molecule is CCCNC(C)c1cc(Br)ccc1N(C)C(C)CCSC. The molecular weight excluding hydrogens is 344 g/mol. The summed E-state index contributed by atoms with van der Waals surface area (Å²) < 4.78 is 1.15. The van der Waals surface area contributed by atoms with Gasteiger partial charge in [-0.15, -0.1) is 0 Å². The minimum absolute atomic E-state index is 0.368. The molecule has 0 aliphatic rings. The van der Waals surface area contributed by atoms with Gasteiger partial charge in [-0.1, -0.05) is 22.9 Å². The Bertz CT molecular complexity index is 425. The molecular formula is C17H29BrN2S. The number of halogens is 1. The van der Waals surface area contributed by atoms with Crippen LogP contribution in [0.1, 0.15) is 45.2 Å². The lowest BCUT2D eigenvalue weighted by atomic mass is 10.0. The normalized spacial score (nSPS) is 14.0. The summed E-state index contributed by atoms with van der Waals surface area (Å²) in [6, 6.07) is 7.55. The van der Waals surface area contributed by atoms with Gasteiger partial charge in [0.05, 0.1) is 0 Å². The lowest BCUT2D eigenvalue weighted by molar-refractivity contribution is 0.566. The van der Waals surface area contributed by atoms with Crippen LogP contribution in [-0.2, 0) is 0 Å². The van der Waals surface area contributed by atoms with Crippen LogP contribution in [0.25, 0.3) is 0 Å². The Kier molecular flexibility index (Phi) is 8.76. The third-order valence-corrected chi connectivity index (χ3v) is 5.07. The highest BCUT2D eigenvalue weighted by molar-refractivity contribution is 9.10. The molecule has 0 saturated heterocycles. The molecule has 0 radical (unpaired) electrons. The summed E-state index contributed by atoms with van der Waals surface area (Å²) in [6.45, 7) is 7.82. The van der Waals surface area contributed by atoms with Crippen molar-refractivity contribution in [3.63, 3.8) is 0 Å². The second kappa shape index (κ2) is 9.75. The Balaban J connectivity index is 2.94. The first-order valence-electron chi connectivity index (χ1n) is 7.75. The van der Waals surface area contributed by atoms with Gasteiger partial charge in [-0.2, -0.15) is 11.8 Å². The number of anilines is 1. The van der Waals surface area contributed by atoms with Crippen LogP contribution in [0.4, 0.5) is 5.69 Å². The Labute approximate surface area is 143 Å². The first-order chi connectivity index (χ1) is 10.0. The molecule has 1 N–H and O–H groups in total. The molecule has 0 aromatic heterocycles. The third kappa shape index (κ3) is 5.84. The average molecular weight is 373 g/mol. The van der Waals surface area contributed by atoms with Gasteiger partial charge in [0.1, 0.15) is 0 Å². The standard InChI is InChI=1S/C17H29BrN2S/c1-6-10-19-14(3)16-12-15(18)7-8-17(16)20(4)13(2)9-11-21-5/h7-8,12-14,19H,6,9-11H2,1-5H3. The molecule has 21 heavy (non-hydrogen) atoms. The number of hydrogen-bond donors (Lipinski definition) is 1. The van der Waals surface area contributed by atoms with Gasteiger partial charge >= 0.3 is 0 Å². The predicted molar refractivity (Wildman–Crippen MR) is 102 cm³/mol. The Morgan fingerprint density at radius 1 is 1.33 bits per heavy atom. The van der Waals surface area contributed by atoms with Crippen LogP contribution >= 0.6 is 27.7 Å². The summed E-state index contributed by atoms with van der Waals surface area (Å²) in [5, 5.41) is 3.60. The van der Waals surface area contributed by atoms with E-state index in [1.54, 1.807) is 0 Å². The highest BCUT2D eigenvalue weighted by Crippen LogP contribution is 2.30. The van der Waals surface area contributed by atoms with Gasteiger partial charge in [0.25, 0.3) is 0 Å². The summed E-state index contributed by atoms with van der Waals surface area (Å²) in [6.07, 6.45) is 4.55. The third-order valence-electron chi connectivity index (χ3n) is 3.94. The van der Waals surface area contributed by atoms with Crippen molar-refractivity contribution in [2.24, 2.45) is 0 Å². The highest BCUT2D eigenvalue weighted by Gasteiger charge is 2.17. The fourth-order valence-electron chi connectivity index (χ4n) is 2.38. The molecule has 0 amide bonds. The number of rotatable bonds is 9. The molecule has 0 saturated carbocycles. The average Bonchev–Trinajstić information content (AvgIpc) is 2.49. The van der Waals surface area contributed by atoms with E-state index in [4.69, 9.17) is 0 Å². The van der Waals surface area contributed by atoms with Crippen LogP contribution in [0.3, 0.4) is 0 Å². The molecule has 0 bridgehead atoms. The smallest absolute Gasteiger partial charge is 0.0415 e. The van der Waals surface area contributed by atoms with Crippen molar-refractivity contribution >= 4 is 33.4 Å². The zero-order valence-electron chi connectivity index (χ0n) is 13.9. The predicted octanol–water partition coefficient (Wildman–Crippen LogP) is 5.09. The van der Waals surface area contributed by atoms with Gasteiger partial charge in [0.15, 0.2) is 0 Å². The topological polar surface area (TPSA) is 15.3 Å². The Hall–Kier alpha value is -0.190. The van der Waals surface area contributed by atoms with E-state index in [1.807, 2.05) is 11.8 Å². The first kappa shape index (κ1) is 18.9. The molecule has 0 aliphatic heterocycles. The number of hydrogen-bond acceptors (Lipinski definition) is 3. The molecule has 2 unspecified atom stereocenters. The summed E-state index contributed by atoms with van der Waals surface area (Å²) in [7, 11) is 2.21. The fraction of sp³-hybridized carbons (Fsp3) is 0.647. The second-order valence-electron chi connectivity index (χ2n) is 5.62. The van der Waals surface area contributed by atoms with Gasteiger partial charge in [0.2, 0.25) is 0 Å². The lowest BCUT2D eigenvalue weighted by Gasteiger charge is -2.31. The second-order valence-corrected chi connectivity index (χ2v) is 7.52. The number of nitrogens with zero attached hydrogens (tertiary/aromatic N) is 1. The molecule has 2 atom stereocenters. The van der Waals surface area contributed by atoms with E-state index in [-0.39, 0.29) is 0 Å². The molecule has 0 aliphatic carbocycles. The van der Waals surface area contributed by atoms with E-state index >= 15 is 0 Å². The molecule has 0 fully saturated rings. The van der Waals surface area contributed by atoms with Crippen molar-refractivity contribution < 1.29 is 0 Å². The van der Waals surface area contributed by atoms with E-state index in [9.17, 15) is 0 Å². The monoisotopic (exact) mass is 372 g/mol. The van der Waals surface area contributed by atoms with Gasteiger partial charge < -0.3 is 10.2 Å². The number of nitrogens with one attached hydrogen (secondary N) is 1. The minimum Gasteiger partial charge on any atom is -0.372 e. The van der Waals surface area contributed by atoms with Crippen molar-refractivity contribution in [2.45, 2.75) is 45.7 Å². The molecule has 1 aromatic carbocycles. The molecule has 1 rings (SSSR count). The summed E-state index contributed by atoms with van der Waals surface area (Å²) in [5.41, 5.74) is 2.71. The van der Waals surface area contributed by atoms with Crippen molar-refractivity contribution in [3.05, 3.63) is 28.2 Å². The van der Waals surface area contributed by atoms with Crippen molar-refractivity contribution in [1.29, 1.82) is 0 Å². The zero-order valence-corrected chi connectivity index (χ0v) is 16.4. The van der Waals surface area contributed by atoms with Gasteiger partial charge in [-0.05, 0) is 69.0 Å². The molecule has 0 heterocycles. The van der Waals surface area contributed by atoms with Gasteiger partial charge in [0, 0.05) is 29.3 Å². The van der Waals surface area contributed by atoms with E-state index in [1.165, 1.54) is 23.4 Å². The van der Waals surface area contributed by atoms with Crippen LogP contribution < -0.4 is 10.2 Å². The summed E-state index contributed by atoms with van der Waals surface area (Å²) in [5.74, 6) is 1.21. The van der Waals surface area contributed by atoms with E-state index in [0.717, 1.165) is 17.4 Å². The maximum atomic E-state index is 3.61. The van der Waals surface area contributed by atoms with Crippen LogP contribution in [0.5, 0.6) is 0 Å². The number of benzene rings is 1. The van der Waals surface area contributed by atoms with Crippen molar-refractivity contribution in [2.75, 3.05) is 30.5 Å². The van der Waals surface area contributed by atoms with Gasteiger partial charge in [-0.25, -0.2) is 0 Å². The van der Waals surface area contributed by atoms with E-state index in [0.29, 0.717) is 12.1 Å². The van der Waals surface area contributed by atoms with Crippen LogP contribution in [0.15, 0.2) is 22.7 Å². The molecule has 4 heteroatoms. The molecule has 120 valence electrons. The first-order valence-corrected chi connectivity index (χ1v) is 9.94. The lowest BCUT2D eigenvalue weighted by Crippen LogP contribution is -2.31. The molecule has 0 spiro atoms. The number of thioether (sulfide) groups is 1. The molecule has 2 nitrogen and oxygen atoms in total. The summed E-state index contributed by atoms with van der Waals surface area (Å²) in [4.78, 5) is 2.42. The fourth-order valence-corrected chi connectivity index (χ4v) is 3.34. The van der Waals surface area contributed by atoms with Crippen LogP contribution in [0.2, 0.25) is 0 Å². The Morgan fingerprint density at radius 3 is 2.67 bits per heavy atom. The van der Waals surface area contributed by atoms with Crippen LogP contribution in [0, 0.1) is 0 Å².